The fourth-order valence-electron chi connectivity index (χ4n) is 3.33. The number of hydrogen-bond donors (Lipinski definition) is 1. The van der Waals surface area contributed by atoms with E-state index in [1.807, 2.05) is 13.1 Å². The molecule has 0 spiro atoms. The molecule has 0 bridgehead atoms. The predicted molar refractivity (Wildman–Crippen MR) is 94.7 cm³/mol. The molecule has 1 N–H and O–H groups in total. The zero-order valence-corrected chi connectivity index (χ0v) is 14.3. The van der Waals surface area contributed by atoms with Crippen molar-refractivity contribution in [3.05, 3.63) is 59.7 Å². The normalized spacial score (nSPS) is 16.6. The molecule has 1 unspecified atom stereocenters. The number of likely N-dealkylation sites (N-methyl/N-ethyl adjacent to an activating group) is 1. The number of fused-ring (bicyclic) bond motifs is 1. The first-order chi connectivity index (χ1) is 11.7. The zero-order valence-electron chi connectivity index (χ0n) is 14.3. The number of rotatable bonds is 6. The van der Waals surface area contributed by atoms with Crippen LogP contribution in [0.25, 0.3) is 0 Å². The van der Waals surface area contributed by atoms with Crippen LogP contribution in [-0.2, 0) is 19.4 Å². The van der Waals surface area contributed by atoms with Gasteiger partial charge in [-0.2, -0.15) is 0 Å². The van der Waals surface area contributed by atoms with Crippen molar-refractivity contribution in [2.75, 3.05) is 33.2 Å². The van der Waals surface area contributed by atoms with Gasteiger partial charge in [-0.15, -0.1) is 0 Å². The molecule has 1 aliphatic rings. The Balaban J connectivity index is 1.46. The molecule has 0 saturated carbocycles. The van der Waals surface area contributed by atoms with Crippen LogP contribution in [0.3, 0.4) is 0 Å². The number of β-amino-alcohol motifs (C(OH)–C–C–N with tert-alkyl or cyclic N) is 1. The minimum Gasteiger partial charge on any atom is -0.390 e. The molecule has 0 fully saturated rings. The first-order valence-corrected chi connectivity index (χ1v) is 8.62. The van der Waals surface area contributed by atoms with Crippen molar-refractivity contribution in [1.82, 2.24) is 19.8 Å². The van der Waals surface area contributed by atoms with Crippen molar-refractivity contribution in [3.8, 4) is 0 Å². The lowest BCUT2D eigenvalue weighted by Gasteiger charge is -2.26. The Hall–Kier alpha value is -1.82. The van der Waals surface area contributed by atoms with E-state index in [0.717, 1.165) is 31.8 Å². The van der Waals surface area contributed by atoms with E-state index < -0.39 is 0 Å². The van der Waals surface area contributed by atoms with Crippen LogP contribution in [0.2, 0.25) is 0 Å². The minimum absolute atomic E-state index is 0.361. The van der Waals surface area contributed by atoms with Gasteiger partial charge in [-0.1, -0.05) is 24.3 Å². The van der Waals surface area contributed by atoms with E-state index in [-0.39, 0.29) is 6.10 Å². The van der Waals surface area contributed by atoms with E-state index in [4.69, 9.17) is 0 Å². The SMILES string of the molecule is CN(Cc1ncccn1)CC(O)CN1CCc2ccccc2CC1. The zero-order chi connectivity index (χ0) is 16.8. The van der Waals surface area contributed by atoms with E-state index in [0.29, 0.717) is 19.6 Å². The van der Waals surface area contributed by atoms with Gasteiger partial charge < -0.3 is 10.0 Å². The van der Waals surface area contributed by atoms with E-state index in [1.54, 1.807) is 12.4 Å². The summed E-state index contributed by atoms with van der Waals surface area (Å²) in [7, 11) is 2.00. The van der Waals surface area contributed by atoms with Gasteiger partial charge in [0.1, 0.15) is 5.82 Å². The highest BCUT2D eigenvalue weighted by Crippen LogP contribution is 2.15. The molecule has 24 heavy (non-hydrogen) atoms. The van der Waals surface area contributed by atoms with Crippen molar-refractivity contribution < 1.29 is 5.11 Å². The molecule has 5 nitrogen and oxygen atoms in total. The molecule has 2 heterocycles. The van der Waals surface area contributed by atoms with Gasteiger partial charge in [-0.25, -0.2) is 9.97 Å². The average molecular weight is 326 g/mol. The molecular weight excluding hydrogens is 300 g/mol. The maximum Gasteiger partial charge on any atom is 0.142 e. The first-order valence-electron chi connectivity index (χ1n) is 8.62. The molecule has 3 rings (SSSR count). The van der Waals surface area contributed by atoms with E-state index in [1.165, 1.54) is 11.1 Å². The van der Waals surface area contributed by atoms with Gasteiger partial charge in [0.05, 0.1) is 12.6 Å². The van der Waals surface area contributed by atoms with Crippen molar-refractivity contribution in [1.29, 1.82) is 0 Å². The van der Waals surface area contributed by atoms with Gasteiger partial charge in [0.25, 0.3) is 0 Å². The van der Waals surface area contributed by atoms with Crippen LogP contribution in [0.5, 0.6) is 0 Å². The Bertz CT molecular complexity index is 607. The third-order valence-corrected chi connectivity index (χ3v) is 4.54. The van der Waals surface area contributed by atoms with Crippen LogP contribution in [0.1, 0.15) is 17.0 Å². The fraction of sp³-hybridized carbons (Fsp3) is 0.474. The lowest BCUT2D eigenvalue weighted by atomic mass is 10.0. The summed E-state index contributed by atoms with van der Waals surface area (Å²) < 4.78 is 0. The number of nitrogens with zero attached hydrogens (tertiary/aromatic N) is 4. The quantitative estimate of drug-likeness (QED) is 0.869. The third-order valence-electron chi connectivity index (χ3n) is 4.54. The molecule has 1 aliphatic heterocycles. The molecule has 0 radical (unpaired) electrons. The number of aromatic nitrogens is 2. The molecule has 1 atom stereocenters. The lowest BCUT2D eigenvalue weighted by molar-refractivity contribution is 0.0807. The molecule has 1 aromatic carbocycles. The molecule has 0 amide bonds. The summed E-state index contributed by atoms with van der Waals surface area (Å²) >= 11 is 0. The van der Waals surface area contributed by atoms with Gasteiger partial charge in [-0.05, 0) is 37.1 Å². The van der Waals surface area contributed by atoms with Crippen molar-refractivity contribution in [3.63, 3.8) is 0 Å². The summed E-state index contributed by atoms with van der Waals surface area (Å²) in [4.78, 5) is 12.9. The summed E-state index contributed by atoms with van der Waals surface area (Å²) in [6.45, 7) is 4.03. The Morgan fingerprint density at radius 2 is 1.71 bits per heavy atom. The number of hydrogen-bond acceptors (Lipinski definition) is 5. The standard InChI is InChI=1S/C19H26N4O/c1-22(15-19-20-9-4-10-21-19)13-18(24)14-23-11-7-16-5-2-3-6-17(16)8-12-23/h2-6,9-10,18,24H,7-8,11-15H2,1H3. The minimum atomic E-state index is -0.361. The maximum absolute atomic E-state index is 10.4. The molecule has 1 aromatic heterocycles. The van der Waals surface area contributed by atoms with Gasteiger partial charge in [0.2, 0.25) is 0 Å². The van der Waals surface area contributed by atoms with Crippen molar-refractivity contribution in [2.45, 2.75) is 25.5 Å². The van der Waals surface area contributed by atoms with Gasteiger partial charge >= 0.3 is 0 Å². The Morgan fingerprint density at radius 1 is 1.08 bits per heavy atom. The molecule has 0 aliphatic carbocycles. The highest BCUT2D eigenvalue weighted by Gasteiger charge is 2.17. The first kappa shape index (κ1) is 17.0. The van der Waals surface area contributed by atoms with Gasteiger partial charge in [0.15, 0.2) is 0 Å². The molecular formula is C19H26N4O. The summed E-state index contributed by atoms with van der Waals surface area (Å²) in [5, 5.41) is 10.4. The number of benzene rings is 1. The highest BCUT2D eigenvalue weighted by atomic mass is 16.3. The van der Waals surface area contributed by atoms with Crippen molar-refractivity contribution >= 4 is 0 Å². The summed E-state index contributed by atoms with van der Waals surface area (Å²) in [5.41, 5.74) is 2.90. The number of aliphatic hydroxyl groups excluding tert-OH is 1. The van der Waals surface area contributed by atoms with Crippen LogP contribution in [-0.4, -0.2) is 64.2 Å². The van der Waals surface area contributed by atoms with Crippen molar-refractivity contribution in [2.24, 2.45) is 0 Å². The molecule has 0 saturated heterocycles. The monoisotopic (exact) mass is 326 g/mol. The Kier molecular flexibility index (Phi) is 5.91. The van der Waals surface area contributed by atoms with Crippen LogP contribution in [0.4, 0.5) is 0 Å². The van der Waals surface area contributed by atoms with Gasteiger partial charge in [0, 0.05) is 38.6 Å². The smallest absolute Gasteiger partial charge is 0.142 e. The second kappa shape index (κ2) is 8.33. The second-order valence-electron chi connectivity index (χ2n) is 6.58. The second-order valence-corrected chi connectivity index (χ2v) is 6.58. The summed E-state index contributed by atoms with van der Waals surface area (Å²) in [5.74, 6) is 0.789. The third kappa shape index (κ3) is 4.84. The topological polar surface area (TPSA) is 52.5 Å². The largest absolute Gasteiger partial charge is 0.390 e. The predicted octanol–water partition coefficient (Wildman–Crippen LogP) is 1.37. The maximum atomic E-state index is 10.4. The molecule has 128 valence electrons. The summed E-state index contributed by atoms with van der Waals surface area (Å²) in [6, 6.07) is 10.5. The van der Waals surface area contributed by atoms with Crippen LogP contribution >= 0.6 is 0 Å². The Labute approximate surface area is 144 Å². The van der Waals surface area contributed by atoms with Gasteiger partial charge in [-0.3, -0.25) is 4.90 Å². The van der Waals surface area contributed by atoms with E-state index in [9.17, 15) is 5.11 Å². The lowest BCUT2D eigenvalue weighted by Crippen LogP contribution is -2.40. The van der Waals surface area contributed by atoms with Crippen LogP contribution in [0, 0.1) is 0 Å². The van der Waals surface area contributed by atoms with E-state index >= 15 is 0 Å². The highest BCUT2D eigenvalue weighted by molar-refractivity contribution is 5.28. The Morgan fingerprint density at radius 3 is 2.33 bits per heavy atom. The molecule has 5 heteroatoms. The summed E-state index contributed by atoms with van der Waals surface area (Å²) in [6.07, 6.45) is 5.27. The van der Waals surface area contributed by atoms with E-state index in [2.05, 4.69) is 44.0 Å². The fourth-order valence-corrected chi connectivity index (χ4v) is 3.33. The van der Waals surface area contributed by atoms with Crippen LogP contribution < -0.4 is 0 Å². The van der Waals surface area contributed by atoms with Crippen LogP contribution in [0.15, 0.2) is 42.7 Å². The molecule has 2 aromatic rings. The average Bonchev–Trinajstić information content (AvgIpc) is 2.78. The number of aliphatic hydroxyl groups is 1.